The summed E-state index contributed by atoms with van der Waals surface area (Å²) in [4.78, 5) is -0.449. The molecule has 0 bridgehead atoms. The topological polar surface area (TPSA) is 94.0 Å². The third-order valence-corrected chi connectivity index (χ3v) is 5.63. The molecule has 0 aliphatic carbocycles. The van der Waals surface area contributed by atoms with Crippen LogP contribution in [0.25, 0.3) is 10.8 Å². The van der Waals surface area contributed by atoms with Gasteiger partial charge in [0.15, 0.2) is 0 Å². The van der Waals surface area contributed by atoms with Crippen molar-refractivity contribution >= 4 is 43.6 Å². The second kappa shape index (κ2) is 10.2. The number of para-hydroxylation sites is 1. The third-order valence-electron chi connectivity index (χ3n) is 4.75. The maximum atomic E-state index is 13.0. The van der Waals surface area contributed by atoms with Gasteiger partial charge in [-0.25, -0.2) is 8.42 Å². The second-order valence-corrected chi connectivity index (χ2v) is 8.35. The number of benzene rings is 4. The minimum Gasteiger partial charge on any atom is -0.744 e. The second-order valence-electron chi connectivity index (χ2n) is 7.00. The van der Waals surface area contributed by atoms with Gasteiger partial charge in [0.25, 0.3) is 0 Å². The number of fused-ring (bicyclic) bond motifs is 1. The van der Waals surface area contributed by atoms with Crippen molar-refractivity contribution in [2.75, 3.05) is 5.32 Å². The molecule has 34 heavy (non-hydrogen) atoms. The van der Waals surface area contributed by atoms with Gasteiger partial charge in [-0.05, 0) is 48.5 Å². The zero-order valence-electron chi connectivity index (χ0n) is 17.7. The summed E-state index contributed by atoms with van der Waals surface area (Å²) < 4.78 is 74.6. The van der Waals surface area contributed by atoms with Crippen molar-refractivity contribution in [3.63, 3.8) is 0 Å². The zero-order chi connectivity index (χ0) is 23.6. The summed E-state index contributed by atoms with van der Waals surface area (Å²) in [6, 6.07) is 20.5. The van der Waals surface area contributed by atoms with Crippen molar-refractivity contribution in [1.82, 2.24) is 0 Å². The van der Waals surface area contributed by atoms with Gasteiger partial charge in [-0.3, -0.25) is 0 Å². The first-order valence-electron chi connectivity index (χ1n) is 9.56. The van der Waals surface area contributed by atoms with Gasteiger partial charge in [0.05, 0.1) is 21.8 Å². The van der Waals surface area contributed by atoms with E-state index in [4.69, 9.17) is 0 Å². The Morgan fingerprint density at radius 2 is 1.53 bits per heavy atom. The molecule has 0 radical (unpaired) electrons. The standard InChI is InChI=1S/C23H16F3N3O3S.Na/c24-23(25,26)15-6-4-9-17(14-15)28-29-19-12-13-20(27-16-7-2-1-3-8-16)22-18(19)10-5-11-21(22)33(30,31)32;/h1-14,27H,(H,30,31,32);/q;+1/p-1. The van der Waals surface area contributed by atoms with Crippen LogP contribution in [0.5, 0.6) is 0 Å². The van der Waals surface area contributed by atoms with Crippen LogP contribution in [0.3, 0.4) is 0 Å². The fraction of sp³-hybridized carbons (Fsp3) is 0.0435. The van der Waals surface area contributed by atoms with Gasteiger partial charge in [-0.2, -0.15) is 18.3 Å². The normalized spacial score (nSPS) is 12.0. The predicted octanol–water partition coefficient (Wildman–Crippen LogP) is 3.93. The molecule has 6 nitrogen and oxygen atoms in total. The van der Waals surface area contributed by atoms with Gasteiger partial charge < -0.3 is 9.87 Å². The van der Waals surface area contributed by atoms with Crippen LogP contribution >= 0.6 is 0 Å². The molecule has 4 rings (SSSR count). The molecule has 11 heteroatoms. The smallest absolute Gasteiger partial charge is 0.744 e. The van der Waals surface area contributed by atoms with Crippen LogP contribution in [0.1, 0.15) is 5.56 Å². The molecule has 4 aromatic rings. The van der Waals surface area contributed by atoms with E-state index in [2.05, 4.69) is 15.5 Å². The van der Waals surface area contributed by atoms with E-state index in [1.165, 1.54) is 36.4 Å². The number of nitrogens with one attached hydrogen (secondary N) is 1. The molecule has 0 heterocycles. The Labute approximate surface area is 215 Å². The quantitative estimate of drug-likeness (QED) is 0.259. The Kier molecular flexibility index (Phi) is 7.79. The number of alkyl halides is 3. The number of nitrogens with zero attached hydrogens (tertiary/aromatic N) is 2. The number of hydrogen-bond donors (Lipinski definition) is 1. The van der Waals surface area contributed by atoms with Crippen molar-refractivity contribution in [1.29, 1.82) is 0 Å². The summed E-state index contributed by atoms with van der Waals surface area (Å²) in [6.45, 7) is 0. The van der Waals surface area contributed by atoms with Crippen molar-refractivity contribution in [2.45, 2.75) is 11.1 Å². The van der Waals surface area contributed by atoms with E-state index in [1.54, 1.807) is 30.3 Å². The van der Waals surface area contributed by atoms with Crippen LogP contribution < -0.4 is 34.9 Å². The maximum absolute atomic E-state index is 13.0. The molecule has 0 aromatic heterocycles. The zero-order valence-corrected chi connectivity index (χ0v) is 20.6. The SMILES string of the molecule is O=S(=O)([O-])c1cccc2c(N=Nc3cccc(C(F)(F)F)c3)ccc(Nc3ccccc3)c12.[Na+]. The first-order chi connectivity index (χ1) is 15.6. The molecule has 168 valence electrons. The number of hydrogen-bond acceptors (Lipinski definition) is 6. The van der Waals surface area contributed by atoms with Crippen LogP contribution in [0, 0.1) is 0 Å². The fourth-order valence-electron chi connectivity index (χ4n) is 3.29. The molecular formula is C23H15F3N3NaO3S. The molecule has 0 saturated carbocycles. The average molecular weight is 493 g/mol. The van der Waals surface area contributed by atoms with Crippen molar-refractivity contribution in [2.24, 2.45) is 10.2 Å². The third kappa shape index (κ3) is 5.83. The molecule has 0 fully saturated rings. The minimum absolute atomic E-state index is 0. The molecule has 0 unspecified atom stereocenters. The number of rotatable bonds is 5. The molecule has 1 N–H and O–H groups in total. The molecule has 0 spiro atoms. The van der Waals surface area contributed by atoms with Crippen LogP contribution in [-0.4, -0.2) is 13.0 Å². The van der Waals surface area contributed by atoms with E-state index in [-0.39, 0.29) is 46.3 Å². The number of halogens is 3. The van der Waals surface area contributed by atoms with Crippen molar-refractivity contribution in [3.05, 3.63) is 90.5 Å². The summed E-state index contributed by atoms with van der Waals surface area (Å²) >= 11 is 0. The number of anilines is 2. The van der Waals surface area contributed by atoms with Gasteiger partial charge in [0.1, 0.15) is 10.1 Å². The maximum Gasteiger partial charge on any atom is 1.00 e. The summed E-state index contributed by atoms with van der Waals surface area (Å²) in [7, 11) is -4.84. The minimum atomic E-state index is -4.84. The molecule has 0 atom stereocenters. The molecule has 0 aliphatic heterocycles. The molecule has 0 amide bonds. The van der Waals surface area contributed by atoms with E-state index in [1.807, 2.05) is 6.07 Å². The van der Waals surface area contributed by atoms with E-state index in [0.717, 1.165) is 12.1 Å². The van der Waals surface area contributed by atoms with Gasteiger partial charge in [0, 0.05) is 22.1 Å². The number of azo groups is 1. The van der Waals surface area contributed by atoms with Gasteiger partial charge in [-0.1, -0.05) is 36.4 Å². The average Bonchev–Trinajstić information content (AvgIpc) is 2.78. The molecule has 4 aromatic carbocycles. The summed E-state index contributed by atoms with van der Waals surface area (Å²) in [6.07, 6.45) is -4.53. The predicted molar refractivity (Wildman–Crippen MR) is 117 cm³/mol. The Hall–Kier alpha value is -2.76. The monoisotopic (exact) mass is 493 g/mol. The first kappa shape index (κ1) is 25.9. The van der Waals surface area contributed by atoms with Crippen LogP contribution in [-0.2, 0) is 16.3 Å². The van der Waals surface area contributed by atoms with Crippen molar-refractivity contribution < 1.29 is 55.7 Å². The Balaban J connectivity index is 0.00000324. The van der Waals surface area contributed by atoms with Crippen LogP contribution in [0.2, 0.25) is 0 Å². The van der Waals surface area contributed by atoms with Crippen LogP contribution in [0.15, 0.2) is 100 Å². The Bertz CT molecular complexity index is 1460. The summed E-state index contributed by atoms with van der Waals surface area (Å²) in [5, 5.41) is 11.4. The first-order valence-corrected chi connectivity index (χ1v) is 11.0. The van der Waals surface area contributed by atoms with Gasteiger partial charge in [0.2, 0.25) is 0 Å². The van der Waals surface area contributed by atoms with Gasteiger partial charge in [-0.15, -0.1) is 5.11 Å². The molecule has 0 saturated heterocycles. The van der Waals surface area contributed by atoms with Gasteiger partial charge >= 0.3 is 35.7 Å². The fourth-order valence-corrected chi connectivity index (χ4v) is 4.01. The summed E-state index contributed by atoms with van der Waals surface area (Å²) in [5.41, 5.74) is 0.300. The van der Waals surface area contributed by atoms with E-state index in [9.17, 15) is 26.1 Å². The molecular weight excluding hydrogens is 478 g/mol. The largest absolute Gasteiger partial charge is 1.00 e. The molecule has 0 aliphatic rings. The Morgan fingerprint density at radius 3 is 2.21 bits per heavy atom. The Morgan fingerprint density at radius 1 is 0.824 bits per heavy atom. The van der Waals surface area contributed by atoms with Crippen molar-refractivity contribution in [3.8, 4) is 0 Å². The van der Waals surface area contributed by atoms with Crippen LogP contribution in [0.4, 0.5) is 35.9 Å². The van der Waals surface area contributed by atoms with E-state index < -0.39 is 26.8 Å². The van der Waals surface area contributed by atoms with E-state index >= 15 is 0 Å². The van der Waals surface area contributed by atoms with E-state index in [0.29, 0.717) is 16.8 Å². The summed E-state index contributed by atoms with van der Waals surface area (Å²) in [5.74, 6) is 0.